The molecule has 1 saturated heterocycles. The molecule has 1 heterocycles. The molecule has 1 aromatic carbocycles. The van der Waals surface area contributed by atoms with Gasteiger partial charge in [-0.2, -0.15) is 0 Å². The van der Waals surface area contributed by atoms with Gasteiger partial charge in [0.25, 0.3) is 0 Å². The lowest BCUT2D eigenvalue weighted by molar-refractivity contribution is 0.113. The second-order valence-electron chi connectivity index (χ2n) is 6.02. The largest absolute Gasteiger partial charge is 0.381 e. The SMILES string of the molecule is CCOCC1CCN(C(=O)NC(C)Cc2c(F)cccc2F)C1. The molecule has 0 radical (unpaired) electrons. The van der Waals surface area contributed by atoms with E-state index in [1.807, 2.05) is 6.92 Å². The van der Waals surface area contributed by atoms with Crippen LogP contribution >= 0.6 is 0 Å². The fourth-order valence-corrected chi connectivity index (χ4v) is 2.82. The molecule has 0 aromatic heterocycles. The van der Waals surface area contributed by atoms with Crippen molar-refractivity contribution < 1.29 is 18.3 Å². The minimum Gasteiger partial charge on any atom is -0.381 e. The van der Waals surface area contributed by atoms with E-state index in [1.165, 1.54) is 18.2 Å². The molecule has 1 aromatic rings. The number of amides is 2. The van der Waals surface area contributed by atoms with Crippen LogP contribution in [0.3, 0.4) is 0 Å². The van der Waals surface area contributed by atoms with Crippen molar-refractivity contribution >= 4 is 6.03 Å². The van der Waals surface area contributed by atoms with Crippen molar-refractivity contribution in [2.45, 2.75) is 32.7 Å². The summed E-state index contributed by atoms with van der Waals surface area (Å²) in [6, 6.07) is 3.26. The molecule has 128 valence electrons. The zero-order chi connectivity index (χ0) is 16.8. The Hall–Kier alpha value is -1.69. The lowest BCUT2D eigenvalue weighted by Crippen LogP contribution is -2.43. The van der Waals surface area contributed by atoms with Crippen LogP contribution in [-0.2, 0) is 11.2 Å². The van der Waals surface area contributed by atoms with Gasteiger partial charge in [-0.15, -0.1) is 0 Å². The molecule has 2 amide bonds. The number of carbonyl (C=O) groups is 1. The van der Waals surface area contributed by atoms with Crippen LogP contribution in [-0.4, -0.2) is 43.3 Å². The molecular weight excluding hydrogens is 302 g/mol. The smallest absolute Gasteiger partial charge is 0.317 e. The molecule has 6 heteroatoms. The normalized spacial score (nSPS) is 19.0. The maximum atomic E-state index is 13.6. The van der Waals surface area contributed by atoms with Crippen LogP contribution in [0.2, 0.25) is 0 Å². The monoisotopic (exact) mass is 326 g/mol. The van der Waals surface area contributed by atoms with Crippen LogP contribution in [0.15, 0.2) is 18.2 Å². The van der Waals surface area contributed by atoms with Gasteiger partial charge in [-0.3, -0.25) is 0 Å². The number of nitrogens with one attached hydrogen (secondary N) is 1. The van der Waals surface area contributed by atoms with E-state index in [9.17, 15) is 13.6 Å². The maximum absolute atomic E-state index is 13.6. The summed E-state index contributed by atoms with van der Waals surface area (Å²) in [6.07, 6.45) is 1.05. The summed E-state index contributed by atoms with van der Waals surface area (Å²) in [6.45, 7) is 6.38. The number of hydrogen-bond acceptors (Lipinski definition) is 2. The number of halogens is 2. The lowest BCUT2D eigenvalue weighted by atomic mass is 10.1. The van der Waals surface area contributed by atoms with Gasteiger partial charge in [-0.05, 0) is 38.8 Å². The van der Waals surface area contributed by atoms with E-state index >= 15 is 0 Å². The molecule has 2 unspecified atom stereocenters. The maximum Gasteiger partial charge on any atom is 0.317 e. The molecule has 1 aliphatic heterocycles. The summed E-state index contributed by atoms with van der Waals surface area (Å²) in [7, 11) is 0. The van der Waals surface area contributed by atoms with Crippen LogP contribution in [0.25, 0.3) is 0 Å². The molecule has 23 heavy (non-hydrogen) atoms. The number of benzene rings is 1. The third-order valence-corrected chi connectivity index (χ3v) is 4.07. The van der Waals surface area contributed by atoms with E-state index in [1.54, 1.807) is 11.8 Å². The van der Waals surface area contributed by atoms with Crippen molar-refractivity contribution in [1.29, 1.82) is 0 Å². The highest BCUT2D eigenvalue weighted by Crippen LogP contribution is 2.17. The van der Waals surface area contributed by atoms with E-state index in [2.05, 4.69) is 5.32 Å². The summed E-state index contributed by atoms with van der Waals surface area (Å²) in [5, 5.41) is 2.81. The second-order valence-corrected chi connectivity index (χ2v) is 6.02. The Labute approximate surface area is 135 Å². The molecule has 0 aliphatic carbocycles. The molecule has 1 aliphatic rings. The Balaban J connectivity index is 1.83. The highest BCUT2D eigenvalue weighted by Gasteiger charge is 2.27. The first-order valence-electron chi connectivity index (χ1n) is 8.07. The number of nitrogens with zero attached hydrogens (tertiary/aromatic N) is 1. The van der Waals surface area contributed by atoms with Gasteiger partial charge < -0.3 is 15.0 Å². The quantitative estimate of drug-likeness (QED) is 0.873. The van der Waals surface area contributed by atoms with Crippen LogP contribution < -0.4 is 5.32 Å². The first-order chi connectivity index (χ1) is 11.0. The molecule has 2 rings (SSSR count). The topological polar surface area (TPSA) is 41.6 Å². The molecule has 4 nitrogen and oxygen atoms in total. The van der Waals surface area contributed by atoms with Crippen molar-refractivity contribution in [1.82, 2.24) is 10.2 Å². The van der Waals surface area contributed by atoms with Gasteiger partial charge in [0.1, 0.15) is 11.6 Å². The Morgan fingerprint density at radius 2 is 2.13 bits per heavy atom. The number of likely N-dealkylation sites (tertiary alicyclic amines) is 1. The van der Waals surface area contributed by atoms with E-state index in [0.29, 0.717) is 32.2 Å². The molecule has 0 bridgehead atoms. The van der Waals surface area contributed by atoms with Crippen molar-refractivity contribution in [3.8, 4) is 0 Å². The van der Waals surface area contributed by atoms with Gasteiger partial charge in [0, 0.05) is 37.2 Å². The molecule has 0 saturated carbocycles. The average molecular weight is 326 g/mol. The fourth-order valence-electron chi connectivity index (χ4n) is 2.82. The van der Waals surface area contributed by atoms with Crippen molar-refractivity contribution in [2.75, 3.05) is 26.3 Å². The van der Waals surface area contributed by atoms with Gasteiger partial charge in [0.05, 0.1) is 6.61 Å². The minimum atomic E-state index is -0.580. The van der Waals surface area contributed by atoms with Crippen LogP contribution in [0, 0.1) is 17.6 Å². The summed E-state index contributed by atoms with van der Waals surface area (Å²) in [5.74, 6) is -0.798. The average Bonchev–Trinajstić information content (AvgIpc) is 2.98. The highest BCUT2D eigenvalue weighted by molar-refractivity contribution is 5.74. The van der Waals surface area contributed by atoms with Crippen LogP contribution in [0.5, 0.6) is 0 Å². The summed E-state index contributed by atoms with van der Waals surface area (Å²) in [4.78, 5) is 14.0. The lowest BCUT2D eigenvalue weighted by Gasteiger charge is -2.21. The van der Waals surface area contributed by atoms with Crippen molar-refractivity contribution in [3.05, 3.63) is 35.4 Å². The van der Waals surface area contributed by atoms with Gasteiger partial charge in [-0.25, -0.2) is 13.6 Å². The molecule has 1 N–H and O–H groups in total. The molecular formula is C17H24F2N2O2. The number of rotatable bonds is 6. The predicted molar refractivity (Wildman–Crippen MR) is 84.2 cm³/mol. The predicted octanol–water partition coefficient (Wildman–Crippen LogP) is 2.96. The van der Waals surface area contributed by atoms with Crippen LogP contribution in [0.1, 0.15) is 25.8 Å². The zero-order valence-corrected chi connectivity index (χ0v) is 13.6. The van der Waals surface area contributed by atoms with E-state index < -0.39 is 11.6 Å². The van der Waals surface area contributed by atoms with Crippen molar-refractivity contribution in [3.63, 3.8) is 0 Å². The molecule has 0 spiro atoms. The number of urea groups is 1. The summed E-state index contributed by atoms with van der Waals surface area (Å²) >= 11 is 0. The number of carbonyl (C=O) groups excluding carboxylic acids is 1. The minimum absolute atomic E-state index is 0.0101. The van der Waals surface area contributed by atoms with Gasteiger partial charge in [0.15, 0.2) is 0 Å². The Bertz CT molecular complexity index is 519. The van der Waals surface area contributed by atoms with E-state index in [0.717, 1.165) is 6.42 Å². The first-order valence-corrected chi connectivity index (χ1v) is 8.07. The standard InChI is InChI=1S/C17H24F2N2O2/c1-3-23-11-13-7-8-21(10-13)17(22)20-12(2)9-14-15(18)5-4-6-16(14)19/h4-6,12-13H,3,7-11H2,1-2H3,(H,20,22). The van der Waals surface area contributed by atoms with E-state index in [4.69, 9.17) is 4.74 Å². The van der Waals surface area contributed by atoms with Crippen molar-refractivity contribution in [2.24, 2.45) is 5.92 Å². The first kappa shape index (κ1) is 17.7. The van der Waals surface area contributed by atoms with E-state index in [-0.39, 0.29) is 24.1 Å². The third kappa shape index (κ3) is 4.89. The Kier molecular flexibility index (Phi) is 6.33. The highest BCUT2D eigenvalue weighted by atomic mass is 19.1. The third-order valence-electron chi connectivity index (χ3n) is 4.07. The van der Waals surface area contributed by atoms with Gasteiger partial charge in [0.2, 0.25) is 0 Å². The molecule has 1 fully saturated rings. The zero-order valence-electron chi connectivity index (χ0n) is 13.6. The second kappa shape index (κ2) is 8.24. The Morgan fingerprint density at radius 1 is 1.43 bits per heavy atom. The van der Waals surface area contributed by atoms with Crippen LogP contribution in [0.4, 0.5) is 13.6 Å². The van der Waals surface area contributed by atoms with Gasteiger partial charge in [-0.1, -0.05) is 6.07 Å². The Morgan fingerprint density at radius 3 is 2.78 bits per heavy atom. The van der Waals surface area contributed by atoms with Gasteiger partial charge >= 0.3 is 6.03 Å². The summed E-state index contributed by atoms with van der Waals surface area (Å²) in [5.41, 5.74) is 0.0101. The summed E-state index contributed by atoms with van der Waals surface area (Å²) < 4.78 is 32.7. The number of ether oxygens (including phenoxy) is 1. The number of hydrogen-bond donors (Lipinski definition) is 1. The molecule has 2 atom stereocenters. The fraction of sp³-hybridized carbons (Fsp3) is 0.588.